The first-order chi connectivity index (χ1) is 8.13. The molecule has 1 aliphatic heterocycles. The summed E-state index contributed by atoms with van der Waals surface area (Å²) in [6, 6.07) is 5.47. The molecule has 0 amide bonds. The third kappa shape index (κ3) is 3.27. The second kappa shape index (κ2) is 6.91. The molecule has 0 spiro atoms. The van der Waals surface area contributed by atoms with Gasteiger partial charge in [0.05, 0.1) is 0 Å². The Bertz CT molecular complexity index is 521. The summed E-state index contributed by atoms with van der Waals surface area (Å²) in [6.07, 6.45) is 6.98. The van der Waals surface area contributed by atoms with E-state index in [-0.39, 0.29) is 32.7 Å². The van der Waals surface area contributed by atoms with Crippen LogP contribution in [0, 0.1) is 6.08 Å². The number of hydrogen-bond donors (Lipinski definition) is 0. The van der Waals surface area contributed by atoms with Crippen LogP contribution < -0.4 is 0 Å². The fourth-order valence-electron chi connectivity index (χ4n) is 1.79. The number of benzene rings is 1. The van der Waals surface area contributed by atoms with Crippen molar-refractivity contribution in [2.45, 2.75) is 6.92 Å². The fraction of sp³-hybridized carbons (Fsp3) is 0.143. The van der Waals surface area contributed by atoms with Crippen molar-refractivity contribution in [3.8, 4) is 0 Å². The minimum absolute atomic E-state index is 0. The van der Waals surface area contributed by atoms with Crippen molar-refractivity contribution < 1.29 is 32.7 Å². The molecule has 18 heavy (non-hydrogen) atoms. The van der Waals surface area contributed by atoms with Crippen LogP contribution in [0.3, 0.4) is 0 Å². The Morgan fingerprint density at radius 1 is 1.33 bits per heavy atom. The molecule has 0 atom stereocenters. The number of halogens is 2. The molecule has 0 unspecified atom stereocenters. The van der Waals surface area contributed by atoms with E-state index in [1.54, 1.807) is 6.07 Å². The van der Waals surface area contributed by atoms with Crippen molar-refractivity contribution in [1.82, 2.24) is 4.90 Å². The van der Waals surface area contributed by atoms with Gasteiger partial charge in [0.1, 0.15) is 0 Å². The van der Waals surface area contributed by atoms with Gasteiger partial charge in [0.15, 0.2) is 0 Å². The SMILES string of the molecule is C=C1C=C[C-]=C(c2ccc(Cl)cc2Cl)N1CC.[Y]. The van der Waals surface area contributed by atoms with Crippen molar-refractivity contribution in [2.24, 2.45) is 0 Å². The van der Waals surface area contributed by atoms with Crippen LogP contribution in [0.4, 0.5) is 0 Å². The Morgan fingerprint density at radius 3 is 2.67 bits per heavy atom. The van der Waals surface area contributed by atoms with E-state index in [9.17, 15) is 0 Å². The second-order valence-corrected chi connectivity index (χ2v) is 4.53. The van der Waals surface area contributed by atoms with E-state index in [0.717, 1.165) is 23.5 Å². The number of rotatable bonds is 2. The average Bonchev–Trinajstić information content (AvgIpc) is 2.29. The third-order valence-electron chi connectivity index (χ3n) is 2.61. The predicted molar refractivity (Wildman–Crippen MR) is 73.8 cm³/mol. The quantitative estimate of drug-likeness (QED) is 0.705. The van der Waals surface area contributed by atoms with Gasteiger partial charge in [0.2, 0.25) is 0 Å². The Hall–Kier alpha value is -0.0761. The first-order valence-electron chi connectivity index (χ1n) is 5.35. The maximum absolute atomic E-state index is 6.21. The maximum Gasteiger partial charge on any atom is 0.0400 e. The van der Waals surface area contributed by atoms with Crippen molar-refractivity contribution >= 4 is 28.9 Å². The van der Waals surface area contributed by atoms with Gasteiger partial charge in [-0.25, -0.2) is 0 Å². The second-order valence-electron chi connectivity index (χ2n) is 3.69. The van der Waals surface area contributed by atoms with Gasteiger partial charge in [0.25, 0.3) is 0 Å². The summed E-state index contributed by atoms with van der Waals surface area (Å²) < 4.78 is 0. The first kappa shape index (κ1) is 16.0. The van der Waals surface area contributed by atoms with Crippen LogP contribution in [-0.2, 0) is 32.7 Å². The zero-order valence-corrected chi connectivity index (χ0v) is 14.4. The van der Waals surface area contributed by atoms with Crippen molar-refractivity contribution in [3.05, 3.63) is 64.3 Å². The Balaban J connectivity index is 0.00000162. The van der Waals surface area contributed by atoms with Crippen LogP contribution in [0.1, 0.15) is 12.5 Å². The molecular formula is C14H12Cl2NY-. The standard InChI is InChI=1S/C14H12Cl2N.Y/c1-3-17-10(2)5-4-6-14(17)12-8-7-11(15)9-13(12)16;/h4-5,7-9H,2-3H2,1H3;/q-1;. The molecule has 1 heterocycles. The molecule has 1 aliphatic rings. The van der Waals surface area contributed by atoms with Crippen LogP contribution in [0.5, 0.6) is 0 Å². The monoisotopic (exact) mass is 353 g/mol. The molecule has 1 aromatic carbocycles. The minimum atomic E-state index is 0. The van der Waals surface area contributed by atoms with E-state index in [4.69, 9.17) is 23.2 Å². The molecule has 0 N–H and O–H groups in total. The fourth-order valence-corrected chi connectivity index (χ4v) is 2.29. The maximum atomic E-state index is 6.21. The zero-order valence-electron chi connectivity index (χ0n) is 10.1. The molecule has 1 nitrogen and oxygen atoms in total. The summed E-state index contributed by atoms with van der Waals surface area (Å²) in [6.45, 7) is 6.89. The first-order valence-corrected chi connectivity index (χ1v) is 6.11. The molecule has 91 valence electrons. The van der Waals surface area contributed by atoms with Crippen LogP contribution in [-0.4, -0.2) is 11.4 Å². The van der Waals surface area contributed by atoms with Gasteiger partial charge in [-0.1, -0.05) is 47.1 Å². The van der Waals surface area contributed by atoms with E-state index in [1.807, 2.05) is 24.3 Å². The summed E-state index contributed by atoms with van der Waals surface area (Å²) in [5, 5.41) is 1.26. The normalized spacial score (nSPS) is 14.3. The van der Waals surface area contributed by atoms with Crippen molar-refractivity contribution in [3.63, 3.8) is 0 Å². The molecule has 1 aromatic rings. The van der Waals surface area contributed by atoms with Gasteiger partial charge in [-0.15, -0.1) is 12.1 Å². The molecule has 0 aliphatic carbocycles. The molecule has 2 rings (SSSR count). The Kier molecular flexibility index (Phi) is 6.13. The molecule has 0 saturated carbocycles. The van der Waals surface area contributed by atoms with E-state index in [1.165, 1.54) is 0 Å². The zero-order chi connectivity index (χ0) is 12.4. The van der Waals surface area contributed by atoms with E-state index >= 15 is 0 Å². The van der Waals surface area contributed by atoms with Crippen molar-refractivity contribution in [1.29, 1.82) is 0 Å². The summed E-state index contributed by atoms with van der Waals surface area (Å²) in [7, 11) is 0. The largest absolute Gasteiger partial charge is 0.376 e. The Labute approximate surface area is 143 Å². The van der Waals surface area contributed by atoms with Crippen LogP contribution >= 0.6 is 23.2 Å². The molecule has 0 saturated heterocycles. The van der Waals surface area contributed by atoms with Gasteiger partial charge >= 0.3 is 0 Å². The van der Waals surface area contributed by atoms with Gasteiger partial charge in [-0.05, 0) is 23.7 Å². The summed E-state index contributed by atoms with van der Waals surface area (Å²) in [4.78, 5) is 2.06. The Morgan fingerprint density at radius 2 is 2.06 bits per heavy atom. The van der Waals surface area contributed by atoms with Gasteiger partial charge in [0, 0.05) is 44.3 Å². The van der Waals surface area contributed by atoms with Gasteiger partial charge in [-0.3, -0.25) is 0 Å². The summed E-state index contributed by atoms with van der Waals surface area (Å²) >= 11 is 12.1. The average molecular weight is 354 g/mol. The number of likely N-dealkylation sites (N-methyl/N-ethyl adjacent to an activating group) is 1. The molecule has 4 heteroatoms. The third-order valence-corrected chi connectivity index (χ3v) is 3.16. The topological polar surface area (TPSA) is 3.24 Å². The van der Waals surface area contributed by atoms with E-state index in [2.05, 4.69) is 24.5 Å². The van der Waals surface area contributed by atoms with Crippen LogP contribution in [0.15, 0.2) is 42.6 Å². The number of hydrogen-bond acceptors (Lipinski definition) is 1. The smallest absolute Gasteiger partial charge is 0.0400 e. The summed E-state index contributed by atoms with van der Waals surface area (Å²) in [5.41, 5.74) is 2.79. The molecule has 0 fully saturated rings. The van der Waals surface area contributed by atoms with Gasteiger partial charge < -0.3 is 4.90 Å². The van der Waals surface area contributed by atoms with Crippen LogP contribution in [0.2, 0.25) is 10.0 Å². The van der Waals surface area contributed by atoms with Gasteiger partial charge in [-0.2, -0.15) is 12.2 Å². The molecular weight excluding hydrogens is 342 g/mol. The number of nitrogens with zero attached hydrogens (tertiary/aromatic N) is 1. The van der Waals surface area contributed by atoms with Crippen molar-refractivity contribution in [2.75, 3.05) is 6.54 Å². The van der Waals surface area contributed by atoms with Crippen LogP contribution in [0.25, 0.3) is 5.70 Å². The molecule has 1 radical (unpaired) electrons. The summed E-state index contributed by atoms with van der Waals surface area (Å²) in [5.74, 6) is 0. The molecule has 0 bridgehead atoms. The predicted octanol–water partition coefficient (Wildman–Crippen LogP) is 4.54. The van der Waals surface area contributed by atoms with E-state index < -0.39 is 0 Å². The number of allylic oxidation sites excluding steroid dienone is 3. The van der Waals surface area contributed by atoms with E-state index in [0.29, 0.717) is 10.0 Å². The minimum Gasteiger partial charge on any atom is -0.376 e. The molecule has 0 aromatic heterocycles.